The van der Waals surface area contributed by atoms with Crippen molar-refractivity contribution in [3.63, 3.8) is 0 Å². The van der Waals surface area contributed by atoms with Crippen LogP contribution in [0.4, 0.5) is 4.39 Å². The quantitative estimate of drug-likeness (QED) is 0.196. The number of amides is 1. The van der Waals surface area contributed by atoms with E-state index in [1.54, 1.807) is 37.3 Å². The van der Waals surface area contributed by atoms with E-state index >= 15 is 0 Å². The SMILES string of the molecule is CCS(=O)(=O)c1ccc2nc(-c3cccc(CF)c3)c(CN3CCC(N4CCCCC4)CC3)c(C(=O)N[C@@H](C)c3ccccc3)c2c1. The third-order valence-corrected chi connectivity index (χ3v) is 11.6. The second-order valence-corrected chi connectivity index (χ2v) is 15.2. The molecule has 4 aromatic rings. The first-order valence-corrected chi connectivity index (χ1v) is 18.6. The number of nitrogens with zero attached hydrogens (tertiary/aromatic N) is 3. The minimum absolute atomic E-state index is 0.0502. The number of halogens is 1. The number of nitrogens with one attached hydrogen (secondary N) is 1. The molecule has 1 atom stereocenters. The second kappa shape index (κ2) is 14.6. The van der Waals surface area contributed by atoms with E-state index in [0.29, 0.717) is 40.3 Å². The number of aromatic nitrogens is 1. The third kappa shape index (κ3) is 7.42. The van der Waals surface area contributed by atoms with Crippen molar-refractivity contribution in [2.24, 2.45) is 0 Å². The molecule has 0 spiro atoms. The Morgan fingerprint density at radius 2 is 1.70 bits per heavy atom. The highest BCUT2D eigenvalue weighted by molar-refractivity contribution is 7.91. The average molecular weight is 657 g/mol. The number of fused-ring (bicyclic) bond motifs is 1. The van der Waals surface area contributed by atoms with Gasteiger partial charge < -0.3 is 10.2 Å². The Balaban J connectivity index is 1.47. The molecular weight excluding hydrogens is 612 g/mol. The van der Waals surface area contributed by atoms with Gasteiger partial charge in [0.2, 0.25) is 0 Å². The van der Waals surface area contributed by atoms with Gasteiger partial charge in [0.15, 0.2) is 9.84 Å². The van der Waals surface area contributed by atoms with E-state index in [4.69, 9.17) is 4.98 Å². The average Bonchev–Trinajstić information content (AvgIpc) is 3.12. The molecule has 7 nitrogen and oxygen atoms in total. The first kappa shape index (κ1) is 33.2. The molecule has 2 fully saturated rings. The van der Waals surface area contributed by atoms with Gasteiger partial charge in [-0.3, -0.25) is 9.69 Å². The number of carbonyl (C=O) groups excluding carboxylic acids is 1. The Hall–Kier alpha value is -3.66. The molecule has 0 unspecified atom stereocenters. The summed E-state index contributed by atoms with van der Waals surface area (Å²) in [4.78, 5) is 24.8. The highest BCUT2D eigenvalue weighted by Crippen LogP contribution is 2.35. The van der Waals surface area contributed by atoms with Crippen LogP contribution in [-0.4, -0.2) is 67.1 Å². The number of benzene rings is 3. The fraction of sp³-hybridized carbons (Fsp3) is 0.421. The Bertz CT molecular complexity index is 1820. The summed E-state index contributed by atoms with van der Waals surface area (Å²) in [6, 6.07) is 22.2. The zero-order valence-corrected chi connectivity index (χ0v) is 28.2. The van der Waals surface area contributed by atoms with Gasteiger partial charge in [-0.2, -0.15) is 0 Å². The van der Waals surface area contributed by atoms with Crippen LogP contribution in [0.1, 0.15) is 79.0 Å². The van der Waals surface area contributed by atoms with Gasteiger partial charge in [-0.15, -0.1) is 0 Å². The summed E-state index contributed by atoms with van der Waals surface area (Å²) in [6.45, 7) is 7.53. The van der Waals surface area contributed by atoms with Gasteiger partial charge in [0.1, 0.15) is 6.67 Å². The molecule has 1 aromatic heterocycles. The van der Waals surface area contributed by atoms with E-state index in [1.165, 1.54) is 32.4 Å². The van der Waals surface area contributed by atoms with E-state index in [2.05, 4.69) is 15.1 Å². The standard InChI is InChI=1S/C38H45FN4O3S/c1-3-47(45,46)32-15-16-35-33(24-32)36(38(44)40-27(2)29-12-6-4-7-13-29)34(37(41-35)30-14-10-11-28(23-30)25-39)26-42-21-17-31(18-22-42)43-19-8-5-9-20-43/h4,6-7,10-16,23-24,27,31H,3,5,8-9,17-22,25-26H2,1-2H3,(H,40,44)/t27-/m0/s1. The number of sulfone groups is 1. The van der Waals surface area contributed by atoms with Crippen molar-refractivity contribution in [1.82, 2.24) is 20.1 Å². The summed E-state index contributed by atoms with van der Waals surface area (Å²) in [5, 5.41) is 3.71. The molecule has 3 heterocycles. The Kier molecular flexibility index (Phi) is 10.3. The van der Waals surface area contributed by atoms with E-state index in [9.17, 15) is 17.6 Å². The van der Waals surface area contributed by atoms with Gasteiger partial charge in [-0.1, -0.05) is 61.9 Å². The summed E-state index contributed by atoms with van der Waals surface area (Å²) < 4.78 is 40.0. The maximum Gasteiger partial charge on any atom is 0.252 e. The summed E-state index contributed by atoms with van der Waals surface area (Å²) in [7, 11) is -3.54. The van der Waals surface area contributed by atoms with Crippen LogP contribution in [0, 0.1) is 0 Å². The predicted molar refractivity (Wildman–Crippen MR) is 186 cm³/mol. The number of carbonyl (C=O) groups is 1. The molecule has 1 amide bonds. The summed E-state index contributed by atoms with van der Waals surface area (Å²) in [6.07, 6.45) is 5.95. The molecule has 0 bridgehead atoms. The van der Waals surface area contributed by atoms with Crippen molar-refractivity contribution in [2.45, 2.75) is 76.2 Å². The van der Waals surface area contributed by atoms with E-state index in [0.717, 1.165) is 42.6 Å². The second-order valence-electron chi connectivity index (χ2n) is 12.9. The number of hydrogen-bond acceptors (Lipinski definition) is 6. The monoisotopic (exact) mass is 656 g/mol. The minimum atomic E-state index is -3.54. The number of rotatable bonds is 10. The molecule has 2 saturated heterocycles. The van der Waals surface area contributed by atoms with Crippen molar-refractivity contribution < 1.29 is 17.6 Å². The van der Waals surface area contributed by atoms with Crippen molar-refractivity contribution >= 4 is 26.6 Å². The molecule has 2 aliphatic rings. The van der Waals surface area contributed by atoms with Crippen LogP contribution in [-0.2, 0) is 23.1 Å². The van der Waals surface area contributed by atoms with Gasteiger partial charge >= 0.3 is 0 Å². The third-order valence-electron chi connectivity index (χ3n) is 9.87. The largest absolute Gasteiger partial charge is 0.345 e. The highest BCUT2D eigenvalue weighted by Gasteiger charge is 2.29. The number of pyridine rings is 1. The van der Waals surface area contributed by atoms with Gasteiger partial charge in [0.25, 0.3) is 5.91 Å². The fourth-order valence-electron chi connectivity index (χ4n) is 7.14. The zero-order chi connectivity index (χ0) is 33.0. The smallest absolute Gasteiger partial charge is 0.252 e. The minimum Gasteiger partial charge on any atom is -0.345 e. The summed E-state index contributed by atoms with van der Waals surface area (Å²) in [5.41, 5.74) is 4.52. The van der Waals surface area contributed by atoms with Crippen molar-refractivity contribution in [1.29, 1.82) is 0 Å². The first-order chi connectivity index (χ1) is 22.8. The van der Waals surface area contributed by atoms with Crippen LogP contribution in [0.25, 0.3) is 22.2 Å². The molecule has 0 saturated carbocycles. The van der Waals surface area contributed by atoms with Gasteiger partial charge in [-0.25, -0.2) is 17.8 Å². The lowest BCUT2D eigenvalue weighted by atomic mass is 9.93. The zero-order valence-electron chi connectivity index (χ0n) is 27.4. The van der Waals surface area contributed by atoms with Crippen molar-refractivity contribution in [3.8, 4) is 11.3 Å². The van der Waals surface area contributed by atoms with Crippen molar-refractivity contribution in [2.75, 3.05) is 31.9 Å². The normalized spacial score (nSPS) is 17.5. The molecule has 1 N–H and O–H groups in total. The number of hydrogen-bond donors (Lipinski definition) is 1. The maximum absolute atomic E-state index is 14.5. The number of piperidine rings is 2. The predicted octanol–water partition coefficient (Wildman–Crippen LogP) is 7.11. The lowest BCUT2D eigenvalue weighted by Gasteiger charge is -2.40. The number of alkyl halides is 1. The van der Waals surface area contributed by atoms with Crippen molar-refractivity contribution in [3.05, 3.63) is 95.1 Å². The van der Waals surface area contributed by atoms with Crippen LogP contribution in [0.5, 0.6) is 0 Å². The number of likely N-dealkylation sites (tertiary alicyclic amines) is 2. The molecule has 0 aliphatic carbocycles. The molecule has 0 radical (unpaired) electrons. The molecule has 3 aromatic carbocycles. The Labute approximate surface area is 278 Å². The van der Waals surface area contributed by atoms with E-state index < -0.39 is 16.5 Å². The van der Waals surface area contributed by atoms with Crippen LogP contribution >= 0.6 is 0 Å². The lowest BCUT2D eigenvalue weighted by Crippen LogP contribution is -2.46. The topological polar surface area (TPSA) is 82.6 Å². The molecule has 9 heteroatoms. The maximum atomic E-state index is 14.5. The fourth-order valence-corrected chi connectivity index (χ4v) is 8.05. The van der Waals surface area contributed by atoms with Gasteiger partial charge in [-0.05, 0) is 94.2 Å². The van der Waals surface area contributed by atoms with E-state index in [1.807, 2.05) is 49.4 Å². The van der Waals surface area contributed by atoms with Crippen LogP contribution in [0.15, 0.2) is 77.7 Å². The Morgan fingerprint density at radius 3 is 2.40 bits per heavy atom. The highest BCUT2D eigenvalue weighted by atomic mass is 32.2. The summed E-state index contributed by atoms with van der Waals surface area (Å²) in [5.74, 6) is -0.341. The Morgan fingerprint density at radius 1 is 0.957 bits per heavy atom. The first-order valence-electron chi connectivity index (χ1n) is 16.9. The van der Waals surface area contributed by atoms with E-state index in [-0.39, 0.29) is 22.6 Å². The van der Waals surface area contributed by atoms with Gasteiger partial charge in [0, 0.05) is 29.1 Å². The molecule has 6 rings (SSSR count). The van der Waals surface area contributed by atoms with Crippen LogP contribution in [0.2, 0.25) is 0 Å². The molecule has 248 valence electrons. The lowest BCUT2D eigenvalue weighted by molar-refractivity contribution is 0.0883. The molecule has 47 heavy (non-hydrogen) atoms. The summed E-state index contributed by atoms with van der Waals surface area (Å²) >= 11 is 0. The molecular formula is C38H45FN4O3S. The van der Waals surface area contributed by atoms with Gasteiger partial charge in [0.05, 0.1) is 33.5 Å². The molecule has 2 aliphatic heterocycles. The van der Waals surface area contributed by atoms with Crippen LogP contribution in [0.3, 0.4) is 0 Å². The van der Waals surface area contributed by atoms with Crippen LogP contribution < -0.4 is 5.32 Å².